The van der Waals surface area contributed by atoms with Gasteiger partial charge in [-0.15, -0.1) is 0 Å². The molecule has 0 bridgehead atoms. The molecule has 0 saturated carbocycles. The first kappa shape index (κ1) is 15.8. The lowest BCUT2D eigenvalue weighted by Gasteiger charge is -2.09. The fraction of sp³-hybridized carbons (Fsp3) is 0.312. The Morgan fingerprint density at radius 2 is 2.05 bits per heavy atom. The summed E-state index contributed by atoms with van der Waals surface area (Å²) in [6.07, 6.45) is 1.66. The van der Waals surface area contributed by atoms with Crippen molar-refractivity contribution in [2.75, 3.05) is 0 Å². The number of carboxylic acid groups (broad SMARTS) is 1. The van der Waals surface area contributed by atoms with Gasteiger partial charge < -0.3 is 14.6 Å². The molecule has 0 amide bonds. The summed E-state index contributed by atoms with van der Waals surface area (Å²) in [6, 6.07) is 8.24. The van der Waals surface area contributed by atoms with E-state index in [-0.39, 0.29) is 23.4 Å². The number of aromatic hydroxyl groups is 1. The van der Waals surface area contributed by atoms with Crippen LogP contribution in [0.15, 0.2) is 39.7 Å². The lowest BCUT2D eigenvalue weighted by atomic mass is 10.0. The Morgan fingerprint density at radius 1 is 1.36 bits per heavy atom. The van der Waals surface area contributed by atoms with Crippen LogP contribution in [0.4, 0.5) is 0 Å². The summed E-state index contributed by atoms with van der Waals surface area (Å²) in [7, 11) is 0. The molecule has 116 valence electrons. The van der Waals surface area contributed by atoms with Crippen LogP contribution in [0.2, 0.25) is 0 Å². The fourth-order valence-corrected chi connectivity index (χ4v) is 1.94. The molecule has 0 aliphatic rings. The first-order valence-corrected chi connectivity index (χ1v) is 6.98. The maximum atomic E-state index is 11.1. The average molecular weight is 302 g/mol. The van der Waals surface area contributed by atoms with Crippen molar-refractivity contribution in [3.8, 4) is 17.4 Å². The van der Waals surface area contributed by atoms with E-state index in [1.54, 1.807) is 12.1 Å². The Balaban J connectivity index is 2.21. The van der Waals surface area contributed by atoms with Crippen molar-refractivity contribution in [1.82, 2.24) is 4.98 Å². The number of benzene rings is 1. The summed E-state index contributed by atoms with van der Waals surface area (Å²) in [6.45, 7) is 3.85. The number of aliphatic imine (C=N–C) groups is 1. The molecule has 0 radical (unpaired) electrons. The van der Waals surface area contributed by atoms with Gasteiger partial charge in [0.1, 0.15) is 6.04 Å². The van der Waals surface area contributed by atoms with E-state index < -0.39 is 12.0 Å². The van der Waals surface area contributed by atoms with Crippen molar-refractivity contribution in [2.45, 2.75) is 26.3 Å². The van der Waals surface area contributed by atoms with Gasteiger partial charge in [0.2, 0.25) is 5.89 Å². The largest absolute Gasteiger partial charge is 0.480 e. The molecule has 2 rings (SSSR count). The Hall–Kier alpha value is -2.63. The molecule has 6 heteroatoms. The van der Waals surface area contributed by atoms with Crippen LogP contribution in [-0.4, -0.2) is 33.4 Å². The van der Waals surface area contributed by atoms with Gasteiger partial charge in [-0.25, -0.2) is 9.78 Å². The van der Waals surface area contributed by atoms with Crippen molar-refractivity contribution >= 4 is 12.2 Å². The number of rotatable bonds is 6. The Bertz CT molecular complexity index is 662. The standard InChI is InChI=1S/C16H18N2O4/c1-10(2)8-12(15(19)20)17-9-13-16(21)22-14(18-13)11-6-4-3-5-7-11/h3-7,9-10,12,21H,8H2,1-2H3,(H,19,20). The summed E-state index contributed by atoms with van der Waals surface area (Å²) in [5.41, 5.74) is 0.836. The molecule has 1 unspecified atom stereocenters. The van der Waals surface area contributed by atoms with Gasteiger partial charge in [0.05, 0.1) is 6.21 Å². The minimum absolute atomic E-state index is 0.119. The quantitative estimate of drug-likeness (QED) is 0.800. The second kappa shape index (κ2) is 6.89. The molecule has 2 N–H and O–H groups in total. The maximum Gasteiger partial charge on any atom is 0.328 e. The highest BCUT2D eigenvalue weighted by molar-refractivity contribution is 5.84. The zero-order valence-corrected chi connectivity index (χ0v) is 12.4. The molecular weight excluding hydrogens is 284 g/mol. The monoisotopic (exact) mass is 302 g/mol. The van der Waals surface area contributed by atoms with Crippen LogP contribution in [-0.2, 0) is 4.79 Å². The van der Waals surface area contributed by atoms with E-state index in [1.807, 2.05) is 32.0 Å². The maximum absolute atomic E-state index is 11.1. The SMILES string of the molecule is CC(C)CC(N=Cc1nc(-c2ccccc2)oc1O)C(=O)O. The molecule has 0 spiro atoms. The number of aromatic nitrogens is 1. The summed E-state index contributed by atoms with van der Waals surface area (Å²) in [5, 5.41) is 18.9. The predicted molar refractivity (Wildman–Crippen MR) is 82.1 cm³/mol. The number of hydrogen-bond donors (Lipinski definition) is 2. The highest BCUT2D eigenvalue weighted by atomic mass is 16.5. The van der Waals surface area contributed by atoms with Gasteiger partial charge in [0, 0.05) is 5.56 Å². The van der Waals surface area contributed by atoms with Gasteiger partial charge in [0.15, 0.2) is 5.69 Å². The van der Waals surface area contributed by atoms with Crippen LogP contribution in [0.3, 0.4) is 0 Å². The Kier molecular flexibility index (Phi) is 4.93. The molecule has 6 nitrogen and oxygen atoms in total. The third-order valence-corrected chi connectivity index (χ3v) is 3.01. The molecule has 0 aliphatic heterocycles. The van der Waals surface area contributed by atoms with Crippen LogP contribution in [0.25, 0.3) is 11.5 Å². The predicted octanol–water partition coefficient (Wildman–Crippen LogP) is 2.97. The average Bonchev–Trinajstić information content (AvgIpc) is 2.85. The van der Waals surface area contributed by atoms with Crippen molar-refractivity contribution < 1.29 is 19.4 Å². The molecule has 22 heavy (non-hydrogen) atoms. The normalized spacial score (nSPS) is 12.9. The summed E-state index contributed by atoms with van der Waals surface area (Å²) < 4.78 is 5.18. The molecule has 2 aromatic rings. The van der Waals surface area contributed by atoms with Crippen molar-refractivity contribution in [3.63, 3.8) is 0 Å². The van der Waals surface area contributed by atoms with Crippen molar-refractivity contribution in [2.24, 2.45) is 10.9 Å². The highest BCUT2D eigenvalue weighted by Gasteiger charge is 2.18. The molecule has 1 atom stereocenters. The second-order valence-electron chi connectivity index (χ2n) is 5.34. The number of hydrogen-bond acceptors (Lipinski definition) is 5. The molecule has 0 aliphatic carbocycles. The zero-order chi connectivity index (χ0) is 16.1. The topological polar surface area (TPSA) is 95.9 Å². The highest BCUT2D eigenvalue weighted by Crippen LogP contribution is 2.25. The van der Waals surface area contributed by atoms with Gasteiger partial charge in [-0.2, -0.15) is 0 Å². The summed E-state index contributed by atoms with van der Waals surface area (Å²) >= 11 is 0. The van der Waals surface area contributed by atoms with E-state index in [0.717, 1.165) is 5.56 Å². The van der Waals surface area contributed by atoms with E-state index in [9.17, 15) is 9.90 Å². The van der Waals surface area contributed by atoms with Crippen LogP contribution < -0.4 is 0 Å². The van der Waals surface area contributed by atoms with E-state index in [4.69, 9.17) is 9.52 Å². The van der Waals surface area contributed by atoms with Gasteiger partial charge in [-0.05, 0) is 24.5 Å². The summed E-state index contributed by atoms with van der Waals surface area (Å²) in [4.78, 5) is 19.3. The smallest absolute Gasteiger partial charge is 0.328 e. The zero-order valence-electron chi connectivity index (χ0n) is 12.4. The molecule has 1 aromatic heterocycles. The number of aliphatic carboxylic acids is 1. The minimum Gasteiger partial charge on any atom is -0.480 e. The third-order valence-electron chi connectivity index (χ3n) is 3.01. The first-order chi connectivity index (χ1) is 10.5. The van der Waals surface area contributed by atoms with Gasteiger partial charge in [-0.1, -0.05) is 32.0 Å². The van der Waals surface area contributed by atoms with E-state index in [0.29, 0.717) is 6.42 Å². The third kappa shape index (κ3) is 3.94. The number of carbonyl (C=O) groups is 1. The Labute approximate surface area is 128 Å². The van der Waals surface area contributed by atoms with Crippen LogP contribution >= 0.6 is 0 Å². The van der Waals surface area contributed by atoms with E-state index >= 15 is 0 Å². The first-order valence-electron chi connectivity index (χ1n) is 6.98. The molecule has 1 heterocycles. The Morgan fingerprint density at radius 3 is 2.64 bits per heavy atom. The lowest BCUT2D eigenvalue weighted by molar-refractivity contribution is -0.138. The van der Waals surface area contributed by atoms with Crippen molar-refractivity contribution in [1.29, 1.82) is 0 Å². The minimum atomic E-state index is -1.00. The van der Waals surface area contributed by atoms with Gasteiger partial charge in [-0.3, -0.25) is 4.99 Å². The van der Waals surface area contributed by atoms with E-state index in [2.05, 4.69) is 9.98 Å². The second-order valence-corrected chi connectivity index (χ2v) is 5.34. The van der Waals surface area contributed by atoms with E-state index in [1.165, 1.54) is 6.21 Å². The van der Waals surface area contributed by atoms with Crippen molar-refractivity contribution in [3.05, 3.63) is 36.0 Å². The van der Waals surface area contributed by atoms with Gasteiger partial charge in [0.25, 0.3) is 0 Å². The molecular formula is C16H18N2O4. The van der Waals surface area contributed by atoms with Crippen LogP contribution in [0.1, 0.15) is 26.0 Å². The van der Waals surface area contributed by atoms with Crippen LogP contribution in [0, 0.1) is 5.92 Å². The molecule has 0 saturated heterocycles. The summed E-state index contributed by atoms with van der Waals surface area (Å²) in [5.74, 6) is -0.924. The molecule has 1 aromatic carbocycles. The van der Waals surface area contributed by atoms with Crippen LogP contribution in [0.5, 0.6) is 5.95 Å². The number of nitrogens with zero attached hydrogens (tertiary/aromatic N) is 2. The number of oxazole rings is 1. The number of carboxylic acids is 1. The fourth-order valence-electron chi connectivity index (χ4n) is 1.94. The lowest BCUT2D eigenvalue weighted by Crippen LogP contribution is -2.20. The molecule has 0 fully saturated rings. The van der Waals surface area contributed by atoms with Gasteiger partial charge >= 0.3 is 11.9 Å².